The molecule has 0 N–H and O–H groups in total. The Bertz CT molecular complexity index is 1020. The Hall–Kier alpha value is -2.93. The minimum atomic E-state index is -0.676. The van der Waals surface area contributed by atoms with Crippen LogP contribution in [0.2, 0.25) is 5.02 Å². The zero-order valence-electron chi connectivity index (χ0n) is 14.6. The lowest BCUT2D eigenvalue weighted by atomic mass is 10.0. The molecule has 0 unspecified atom stereocenters. The molecule has 3 aromatic rings. The fourth-order valence-electron chi connectivity index (χ4n) is 2.62. The second kappa shape index (κ2) is 7.13. The standard InChI is InChI=1S/C18H17ClN4O3/c1-4-26-18(25)15-11(2)16(12-5-7-13(19)8-6-12)21-23(17(15)24)14-9-20-22(3)10-14/h5-10H,4H2,1-3H3. The van der Waals surface area contributed by atoms with Gasteiger partial charge in [-0.1, -0.05) is 23.7 Å². The molecule has 1 aromatic carbocycles. The SMILES string of the molecule is CCOC(=O)c1c(C)c(-c2ccc(Cl)cc2)nn(-c2cnn(C)c2)c1=O. The van der Waals surface area contributed by atoms with Crippen LogP contribution in [-0.2, 0) is 11.8 Å². The fourth-order valence-corrected chi connectivity index (χ4v) is 2.75. The monoisotopic (exact) mass is 372 g/mol. The molecule has 0 spiro atoms. The molecule has 3 rings (SSSR count). The zero-order valence-corrected chi connectivity index (χ0v) is 15.3. The lowest BCUT2D eigenvalue weighted by Crippen LogP contribution is -2.30. The lowest BCUT2D eigenvalue weighted by Gasteiger charge is -2.13. The molecule has 0 aliphatic carbocycles. The molecule has 0 amide bonds. The summed E-state index contributed by atoms with van der Waals surface area (Å²) in [6.45, 7) is 3.54. The number of carbonyl (C=O) groups is 1. The molecule has 0 saturated carbocycles. The molecule has 0 fully saturated rings. The number of carbonyl (C=O) groups excluding carboxylic acids is 1. The molecule has 0 atom stereocenters. The van der Waals surface area contributed by atoms with Gasteiger partial charge >= 0.3 is 5.97 Å². The van der Waals surface area contributed by atoms with Crippen LogP contribution in [0.15, 0.2) is 41.5 Å². The summed E-state index contributed by atoms with van der Waals surface area (Å²) in [5.74, 6) is -0.676. The molecule has 0 aliphatic rings. The normalized spacial score (nSPS) is 10.8. The maximum atomic E-state index is 12.9. The van der Waals surface area contributed by atoms with E-state index in [9.17, 15) is 9.59 Å². The largest absolute Gasteiger partial charge is 0.462 e. The highest BCUT2D eigenvalue weighted by atomic mass is 35.5. The number of rotatable bonds is 4. The van der Waals surface area contributed by atoms with Crippen LogP contribution < -0.4 is 5.56 Å². The average molecular weight is 373 g/mol. The zero-order chi connectivity index (χ0) is 18.8. The predicted molar refractivity (Wildman–Crippen MR) is 97.7 cm³/mol. The summed E-state index contributed by atoms with van der Waals surface area (Å²) in [4.78, 5) is 25.3. The summed E-state index contributed by atoms with van der Waals surface area (Å²) in [5, 5.41) is 9.10. The minimum Gasteiger partial charge on any atom is -0.462 e. The van der Waals surface area contributed by atoms with Crippen LogP contribution in [0.25, 0.3) is 16.9 Å². The number of ether oxygens (including phenoxy) is 1. The Balaban J connectivity index is 2.30. The second-order valence-electron chi connectivity index (χ2n) is 5.67. The van der Waals surface area contributed by atoms with E-state index in [-0.39, 0.29) is 12.2 Å². The second-order valence-corrected chi connectivity index (χ2v) is 6.10. The van der Waals surface area contributed by atoms with E-state index >= 15 is 0 Å². The van der Waals surface area contributed by atoms with Crippen molar-refractivity contribution < 1.29 is 9.53 Å². The van der Waals surface area contributed by atoms with Crippen molar-refractivity contribution in [2.24, 2.45) is 7.05 Å². The third-order valence-electron chi connectivity index (χ3n) is 3.87. The minimum absolute atomic E-state index is 0.0457. The van der Waals surface area contributed by atoms with E-state index in [4.69, 9.17) is 16.3 Å². The molecule has 7 nitrogen and oxygen atoms in total. The van der Waals surface area contributed by atoms with E-state index in [1.54, 1.807) is 56.0 Å². The summed E-state index contributed by atoms with van der Waals surface area (Å²) >= 11 is 5.96. The Morgan fingerprint density at radius 1 is 1.27 bits per heavy atom. The number of benzene rings is 1. The first kappa shape index (κ1) is 17.9. The fraction of sp³-hybridized carbons (Fsp3) is 0.222. The van der Waals surface area contributed by atoms with Crippen LogP contribution in [-0.4, -0.2) is 32.1 Å². The Morgan fingerprint density at radius 3 is 2.54 bits per heavy atom. The van der Waals surface area contributed by atoms with Gasteiger partial charge in [0.25, 0.3) is 5.56 Å². The van der Waals surface area contributed by atoms with E-state index in [0.717, 1.165) is 10.2 Å². The van der Waals surface area contributed by atoms with Crippen LogP contribution in [0.1, 0.15) is 22.8 Å². The van der Waals surface area contributed by atoms with Crippen LogP contribution in [0, 0.1) is 6.92 Å². The maximum Gasteiger partial charge on any atom is 0.344 e. The van der Waals surface area contributed by atoms with Crippen LogP contribution in [0.5, 0.6) is 0 Å². The van der Waals surface area contributed by atoms with Gasteiger partial charge in [-0.15, -0.1) is 0 Å². The van der Waals surface area contributed by atoms with E-state index in [2.05, 4.69) is 10.2 Å². The van der Waals surface area contributed by atoms with Crippen molar-refractivity contribution in [1.29, 1.82) is 0 Å². The molecule has 2 heterocycles. The first-order valence-corrected chi connectivity index (χ1v) is 8.36. The van der Waals surface area contributed by atoms with Crippen molar-refractivity contribution in [2.75, 3.05) is 6.61 Å². The van der Waals surface area contributed by atoms with Gasteiger partial charge in [-0.25, -0.2) is 4.79 Å². The number of nitrogens with zero attached hydrogens (tertiary/aromatic N) is 4. The van der Waals surface area contributed by atoms with Crippen molar-refractivity contribution >= 4 is 17.6 Å². The van der Waals surface area contributed by atoms with Gasteiger partial charge in [0.2, 0.25) is 0 Å². The molecular weight excluding hydrogens is 356 g/mol. The third kappa shape index (κ3) is 3.25. The van der Waals surface area contributed by atoms with Gasteiger partial charge in [-0.2, -0.15) is 14.9 Å². The molecule has 0 radical (unpaired) electrons. The Kier molecular flexibility index (Phi) is 4.90. The van der Waals surface area contributed by atoms with Crippen molar-refractivity contribution in [3.05, 3.63) is 63.2 Å². The molecule has 134 valence electrons. The van der Waals surface area contributed by atoms with Gasteiger partial charge < -0.3 is 4.74 Å². The molecular formula is C18H17ClN4O3. The number of aromatic nitrogens is 4. The van der Waals surface area contributed by atoms with Gasteiger partial charge in [-0.05, 0) is 31.5 Å². The highest BCUT2D eigenvalue weighted by molar-refractivity contribution is 6.30. The maximum absolute atomic E-state index is 12.9. The number of hydrogen-bond acceptors (Lipinski definition) is 5. The van der Waals surface area contributed by atoms with Gasteiger partial charge in [0.15, 0.2) is 0 Å². The Morgan fingerprint density at radius 2 is 1.96 bits per heavy atom. The van der Waals surface area contributed by atoms with Gasteiger partial charge in [-0.3, -0.25) is 9.48 Å². The van der Waals surface area contributed by atoms with E-state index in [0.29, 0.717) is 22.0 Å². The number of esters is 1. The summed E-state index contributed by atoms with van der Waals surface area (Å²) in [5.41, 5.74) is 1.54. The molecule has 26 heavy (non-hydrogen) atoms. The summed E-state index contributed by atoms with van der Waals surface area (Å²) < 4.78 is 7.79. The van der Waals surface area contributed by atoms with Crippen LogP contribution >= 0.6 is 11.6 Å². The highest BCUT2D eigenvalue weighted by Gasteiger charge is 2.23. The van der Waals surface area contributed by atoms with Gasteiger partial charge in [0, 0.05) is 17.6 Å². The van der Waals surface area contributed by atoms with Crippen LogP contribution in [0.3, 0.4) is 0 Å². The molecule has 8 heteroatoms. The van der Waals surface area contributed by atoms with Crippen molar-refractivity contribution in [3.63, 3.8) is 0 Å². The number of hydrogen-bond donors (Lipinski definition) is 0. The van der Waals surface area contributed by atoms with E-state index in [1.807, 2.05) is 0 Å². The first-order valence-electron chi connectivity index (χ1n) is 7.98. The smallest absolute Gasteiger partial charge is 0.344 e. The molecule has 2 aromatic heterocycles. The summed E-state index contributed by atoms with van der Waals surface area (Å²) in [6.07, 6.45) is 3.15. The number of aryl methyl sites for hydroxylation is 1. The van der Waals surface area contributed by atoms with Crippen molar-refractivity contribution in [2.45, 2.75) is 13.8 Å². The third-order valence-corrected chi connectivity index (χ3v) is 4.12. The molecule has 0 bridgehead atoms. The van der Waals surface area contributed by atoms with Crippen molar-refractivity contribution in [1.82, 2.24) is 19.6 Å². The van der Waals surface area contributed by atoms with Gasteiger partial charge in [0.1, 0.15) is 11.3 Å². The van der Waals surface area contributed by atoms with E-state index in [1.165, 1.54) is 6.20 Å². The quantitative estimate of drug-likeness (QED) is 0.658. The van der Waals surface area contributed by atoms with E-state index < -0.39 is 11.5 Å². The predicted octanol–water partition coefficient (Wildman–Crippen LogP) is 2.77. The highest BCUT2D eigenvalue weighted by Crippen LogP contribution is 2.24. The van der Waals surface area contributed by atoms with Gasteiger partial charge in [0.05, 0.1) is 24.7 Å². The molecule has 0 saturated heterocycles. The Labute approximate surface area is 154 Å². The average Bonchev–Trinajstić information content (AvgIpc) is 3.03. The first-order chi connectivity index (χ1) is 12.4. The molecule has 0 aliphatic heterocycles. The summed E-state index contributed by atoms with van der Waals surface area (Å²) in [7, 11) is 1.73. The van der Waals surface area contributed by atoms with Crippen LogP contribution in [0.4, 0.5) is 0 Å². The summed E-state index contributed by atoms with van der Waals surface area (Å²) in [6, 6.07) is 7.01. The lowest BCUT2D eigenvalue weighted by molar-refractivity contribution is 0.0522. The topological polar surface area (TPSA) is 79.0 Å². The number of halogens is 1. The van der Waals surface area contributed by atoms with Crippen molar-refractivity contribution in [3.8, 4) is 16.9 Å².